The highest BCUT2D eigenvalue weighted by atomic mass is 16.5. The average Bonchev–Trinajstić information content (AvgIpc) is 2.77. The number of aromatic hydroxyl groups is 1. The number of nitrogens with two attached hydrogens (primary N) is 2. The zero-order valence-electron chi connectivity index (χ0n) is 8.59. The fourth-order valence-corrected chi connectivity index (χ4v) is 1.83. The molecule has 1 fully saturated rings. The van der Waals surface area contributed by atoms with Crippen LogP contribution < -0.4 is 25.8 Å². The standard InChI is InChI=1S/C8H13N5O3/c9-6-5(14)7(11-3-1-2-4-11)13(16)8(10)12(6)15/h14H,1-4,9-10H2. The maximum atomic E-state index is 11.7. The van der Waals surface area contributed by atoms with E-state index in [0.29, 0.717) is 13.1 Å². The second-order valence-corrected chi connectivity index (χ2v) is 3.70. The van der Waals surface area contributed by atoms with Gasteiger partial charge in [0, 0.05) is 0 Å². The van der Waals surface area contributed by atoms with Crippen LogP contribution in [-0.2, 0) is 0 Å². The molecule has 1 saturated heterocycles. The third-order valence-corrected chi connectivity index (χ3v) is 2.69. The van der Waals surface area contributed by atoms with Crippen LogP contribution in [0.5, 0.6) is 5.75 Å². The molecule has 0 radical (unpaired) electrons. The molecule has 5 N–H and O–H groups in total. The fraction of sp³-hybridized carbons (Fsp3) is 0.500. The van der Waals surface area contributed by atoms with E-state index < -0.39 is 17.5 Å². The van der Waals surface area contributed by atoms with Crippen molar-refractivity contribution in [3.05, 3.63) is 10.4 Å². The minimum Gasteiger partial charge on any atom is -0.706 e. The molecule has 1 aromatic rings. The molecule has 0 aromatic carbocycles. The molecule has 8 nitrogen and oxygen atoms in total. The fourth-order valence-electron chi connectivity index (χ4n) is 1.83. The van der Waals surface area contributed by atoms with Crippen LogP contribution in [0.3, 0.4) is 0 Å². The highest BCUT2D eigenvalue weighted by Crippen LogP contribution is 2.29. The van der Waals surface area contributed by atoms with Gasteiger partial charge in [-0.2, -0.15) is 9.46 Å². The van der Waals surface area contributed by atoms with Gasteiger partial charge in [-0.1, -0.05) is 0 Å². The molecule has 8 heteroatoms. The summed E-state index contributed by atoms with van der Waals surface area (Å²) in [5.41, 5.74) is 10.7. The molecule has 0 bridgehead atoms. The first-order valence-electron chi connectivity index (χ1n) is 4.92. The van der Waals surface area contributed by atoms with Crippen molar-refractivity contribution in [2.75, 3.05) is 29.5 Å². The second kappa shape index (κ2) is 3.47. The first-order chi connectivity index (χ1) is 7.54. The number of rotatable bonds is 1. The van der Waals surface area contributed by atoms with Crippen molar-refractivity contribution in [1.29, 1.82) is 0 Å². The van der Waals surface area contributed by atoms with Gasteiger partial charge in [0.2, 0.25) is 5.82 Å². The van der Waals surface area contributed by atoms with Gasteiger partial charge in [-0.25, -0.2) is 5.73 Å². The van der Waals surface area contributed by atoms with E-state index in [9.17, 15) is 15.5 Å². The lowest BCUT2D eigenvalue weighted by atomic mass is 10.4. The molecule has 16 heavy (non-hydrogen) atoms. The Hall–Kier alpha value is -2.12. The van der Waals surface area contributed by atoms with Gasteiger partial charge in [0.25, 0.3) is 5.75 Å². The normalized spacial score (nSPS) is 15.6. The molecule has 0 atom stereocenters. The maximum Gasteiger partial charge on any atom is 0.451 e. The summed E-state index contributed by atoms with van der Waals surface area (Å²) in [5, 5.41) is 32.6. The molecule has 2 rings (SSSR count). The summed E-state index contributed by atoms with van der Waals surface area (Å²) in [6.07, 6.45) is 1.84. The molecule has 0 aliphatic carbocycles. The Morgan fingerprint density at radius 1 is 1.12 bits per heavy atom. The summed E-state index contributed by atoms with van der Waals surface area (Å²) in [6.45, 7) is 1.27. The molecular formula is C8H13N5O3. The molecule has 1 aliphatic rings. The molecular weight excluding hydrogens is 214 g/mol. The molecule has 0 saturated carbocycles. The van der Waals surface area contributed by atoms with Crippen LogP contribution in [0, 0.1) is 10.4 Å². The van der Waals surface area contributed by atoms with Crippen molar-refractivity contribution < 1.29 is 14.6 Å². The van der Waals surface area contributed by atoms with Crippen molar-refractivity contribution in [2.24, 2.45) is 0 Å². The number of nitrogens with zero attached hydrogens (tertiary/aromatic N) is 3. The molecule has 2 heterocycles. The quantitative estimate of drug-likeness (QED) is 0.392. The second-order valence-electron chi connectivity index (χ2n) is 3.70. The monoisotopic (exact) mass is 227 g/mol. The van der Waals surface area contributed by atoms with Crippen LogP contribution in [0.4, 0.5) is 17.6 Å². The van der Waals surface area contributed by atoms with Gasteiger partial charge < -0.3 is 21.3 Å². The van der Waals surface area contributed by atoms with Gasteiger partial charge in [-0.3, -0.25) is 4.90 Å². The Morgan fingerprint density at radius 2 is 1.69 bits per heavy atom. The lowest BCUT2D eigenvalue weighted by molar-refractivity contribution is -0.704. The van der Waals surface area contributed by atoms with E-state index in [1.165, 1.54) is 0 Å². The Labute approximate surface area is 91.5 Å². The van der Waals surface area contributed by atoms with Crippen molar-refractivity contribution >= 4 is 17.6 Å². The third-order valence-electron chi connectivity index (χ3n) is 2.69. The van der Waals surface area contributed by atoms with E-state index in [1.807, 2.05) is 0 Å². The number of nitrogen functional groups attached to an aromatic ring is 2. The molecule has 88 valence electrons. The van der Waals surface area contributed by atoms with Gasteiger partial charge in [0.15, 0.2) is 0 Å². The van der Waals surface area contributed by atoms with Crippen molar-refractivity contribution in [2.45, 2.75) is 12.8 Å². The molecule has 0 unspecified atom stereocenters. The highest BCUT2D eigenvalue weighted by molar-refractivity contribution is 5.58. The van der Waals surface area contributed by atoms with Crippen LogP contribution in [0.1, 0.15) is 12.8 Å². The van der Waals surface area contributed by atoms with E-state index >= 15 is 0 Å². The average molecular weight is 227 g/mol. The SMILES string of the molecule is Nc1c(O)c(N2CCCC2)[n+]([O-])c(N)[n+]1[O-]. The molecule has 0 amide bonds. The summed E-state index contributed by atoms with van der Waals surface area (Å²) in [7, 11) is 0. The Morgan fingerprint density at radius 3 is 2.25 bits per heavy atom. The highest BCUT2D eigenvalue weighted by Gasteiger charge is 2.32. The van der Waals surface area contributed by atoms with Crippen molar-refractivity contribution in [3.8, 4) is 5.75 Å². The minimum absolute atomic E-state index is 0.0158. The predicted molar refractivity (Wildman–Crippen MR) is 56.3 cm³/mol. The molecule has 1 aromatic heterocycles. The smallest absolute Gasteiger partial charge is 0.451 e. The van der Waals surface area contributed by atoms with Gasteiger partial charge >= 0.3 is 11.8 Å². The van der Waals surface area contributed by atoms with Crippen LogP contribution in [0.25, 0.3) is 0 Å². The third kappa shape index (κ3) is 1.30. The lowest BCUT2D eigenvalue weighted by Crippen LogP contribution is -2.50. The van der Waals surface area contributed by atoms with Crippen LogP contribution in [-0.4, -0.2) is 18.2 Å². The largest absolute Gasteiger partial charge is 0.706 e. The first-order valence-corrected chi connectivity index (χ1v) is 4.92. The number of anilines is 3. The minimum atomic E-state index is -0.586. The lowest BCUT2D eigenvalue weighted by Gasteiger charge is -2.19. The Balaban J connectivity index is 2.59. The summed E-state index contributed by atoms with van der Waals surface area (Å²) >= 11 is 0. The number of hydrogen-bond acceptors (Lipinski definition) is 6. The first kappa shape index (κ1) is 10.4. The Bertz CT molecular complexity index is 401. The zero-order chi connectivity index (χ0) is 11.9. The van der Waals surface area contributed by atoms with E-state index in [-0.39, 0.29) is 15.3 Å². The molecule has 0 spiro atoms. The van der Waals surface area contributed by atoms with E-state index in [1.54, 1.807) is 4.90 Å². The van der Waals surface area contributed by atoms with Crippen molar-refractivity contribution in [1.82, 2.24) is 0 Å². The summed E-state index contributed by atoms with van der Waals surface area (Å²) < 4.78 is 0.228. The van der Waals surface area contributed by atoms with Crippen molar-refractivity contribution in [3.63, 3.8) is 0 Å². The summed E-state index contributed by atoms with van der Waals surface area (Å²) in [6, 6.07) is 0. The van der Waals surface area contributed by atoms with E-state index in [0.717, 1.165) is 12.8 Å². The van der Waals surface area contributed by atoms with Gasteiger partial charge in [0.05, 0.1) is 13.1 Å². The van der Waals surface area contributed by atoms with Gasteiger partial charge in [-0.15, -0.1) is 0 Å². The molecule has 1 aliphatic heterocycles. The van der Waals surface area contributed by atoms with Gasteiger partial charge in [-0.05, 0) is 12.8 Å². The van der Waals surface area contributed by atoms with E-state index in [4.69, 9.17) is 11.5 Å². The summed E-state index contributed by atoms with van der Waals surface area (Å²) in [5.74, 6) is -1.59. The zero-order valence-corrected chi connectivity index (χ0v) is 8.59. The van der Waals surface area contributed by atoms with Gasteiger partial charge in [0.1, 0.15) is 0 Å². The van der Waals surface area contributed by atoms with E-state index in [2.05, 4.69) is 0 Å². The van der Waals surface area contributed by atoms with Crippen LogP contribution in [0.15, 0.2) is 0 Å². The van der Waals surface area contributed by atoms with Crippen LogP contribution in [0.2, 0.25) is 0 Å². The Kier molecular flexibility index (Phi) is 2.26. The number of hydrogen-bond donors (Lipinski definition) is 3. The maximum absolute atomic E-state index is 11.7. The number of aromatic nitrogens is 2. The topological polar surface area (TPSA) is 129 Å². The predicted octanol–water partition coefficient (Wildman–Crippen LogP) is -1.58. The summed E-state index contributed by atoms with van der Waals surface area (Å²) in [4.78, 5) is 1.66. The van der Waals surface area contributed by atoms with Crippen LogP contribution >= 0.6 is 0 Å².